The van der Waals surface area contributed by atoms with Crippen molar-refractivity contribution in [3.05, 3.63) is 41.0 Å². The molecule has 1 radical (unpaired) electrons. The third-order valence-electron chi connectivity index (χ3n) is 3.66. The highest BCUT2D eigenvalue weighted by Crippen LogP contribution is 2.23. The Morgan fingerprint density at radius 2 is 2.18 bits per heavy atom. The van der Waals surface area contributed by atoms with Crippen LogP contribution in [0, 0.1) is 13.8 Å². The molecule has 0 spiro atoms. The molecule has 1 aliphatic rings. The van der Waals surface area contributed by atoms with Gasteiger partial charge in [-0.05, 0) is 54.6 Å². The first-order chi connectivity index (χ1) is 8.22. The van der Waals surface area contributed by atoms with Crippen molar-refractivity contribution in [1.82, 2.24) is 0 Å². The fourth-order valence-corrected chi connectivity index (χ4v) is 4.73. The van der Waals surface area contributed by atoms with E-state index < -0.39 is 9.04 Å². The minimum Gasteiger partial charge on any atom is -0.416 e. The van der Waals surface area contributed by atoms with E-state index in [0.29, 0.717) is 0 Å². The lowest BCUT2D eigenvalue weighted by molar-refractivity contribution is 0.286. The average Bonchev–Trinajstić information content (AvgIpc) is 2.37. The third kappa shape index (κ3) is 2.88. The highest BCUT2D eigenvalue weighted by Gasteiger charge is 2.20. The van der Waals surface area contributed by atoms with Crippen molar-refractivity contribution in [2.24, 2.45) is 0 Å². The first kappa shape index (κ1) is 12.6. The Hall–Kier alpha value is -0.863. The number of rotatable bonds is 3. The Balaban J connectivity index is 2.23. The van der Waals surface area contributed by atoms with Crippen molar-refractivity contribution in [3.8, 4) is 0 Å². The summed E-state index contributed by atoms with van der Waals surface area (Å²) in [6.45, 7) is 9.31. The summed E-state index contributed by atoms with van der Waals surface area (Å²) in [5.41, 5.74) is 5.56. The molecule has 1 aromatic rings. The fraction of sp³-hybridized carbons (Fsp3) is 0.467. The van der Waals surface area contributed by atoms with Gasteiger partial charge in [-0.2, -0.15) is 0 Å². The standard InChI is InChI=1S/C15H21OSi/c1-4-14-8-7-12(2)13(3)15(14)11-17-10-6-5-9-16-17/h4,7-8H,1,5-6,9-11H2,2-3H3. The van der Waals surface area contributed by atoms with Crippen LogP contribution < -0.4 is 0 Å². The van der Waals surface area contributed by atoms with Crippen molar-refractivity contribution in [2.45, 2.75) is 38.8 Å². The number of hydrogen-bond donors (Lipinski definition) is 0. The van der Waals surface area contributed by atoms with E-state index in [1.54, 1.807) is 0 Å². The van der Waals surface area contributed by atoms with Crippen LogP contribution in [-0.4, -0.2) is 15.6 Å². The van der Waals surface area contributed by atoms with Gasteiger partial charge in [-0.15, -0.1) is 0 Å². The Labute approximate surface area is 106 Å². The molecule has 0 atom stereocenters. The molecule has 2 heteroatoms. The topological polar surface area (TPSA) is 9.23 Å². The Kier molecular flexibility index (Phi) is 4.19. The summed E-state index contributed by atoms with van der Waals surface area (Å²) in [4.78, 5) is 0. The molecule has 0 bridgehead atoms. The predicted molar refractivity (Wildman–Crippen MR) is 75.5 cm³/mol. The van der Waals surface area contributed by atoms with Gasteiger partial charge in [-0.1, -0.05) is 31.2 Å². The minimum absolute atomic E-state index is 0.619. The molecule has 1 aromatic carbocycles. The van der Waals surface area contributed by atoms with Crippen molar-refractivity contribution in [3.63, 3.8) is 0 Å². The lowest BCUT2D eigenvalue weighted by Crippen LogP contribution is -2.27. The zero-order valence-electron chi connectivity index (χ0n) is 10.9. The normalized spacial score (nSPS) is 17.1. The smallest absolute Gasteiger partial charge is 0.215 e. The van der Waals surface area contributed by atoms with E-state index in [1.165, 1.54) is 41.1 Å². The highest BCUT2D eigenvalue weighted by atomic mass is 28.3. The molecular formula is C15H21OSi. The predicted octanol–water partition coefficient (Wildman–Crippen LogP) is 3.83. The second-order valence-electron chi connectivity index (χ2n) is 4.80. The molecule has 1 saturated heterocycles. The molecular weight excluding hydrogens is 224 g/mol. The zero-order chi connectivity index (χ0) is 12.3. The van der Waals surface area contributed by atoms with Crippen molar-refractivity contribution < 1.29 is 4.43 Å². The first-order valence-electron chi connectivity index (χ1n) is 6.41. The van der Waals surface area contributed by atoms with Gasteiger partial charge in [0.1, 0.15) is 0 Å². The molecule has 91 valence electrons. The van der Waals surface area contributed by atoms with Crippen LogP contribution in [0.4, 0.5) is 0 Å². The summed E-state index contributed by atoms with van der Waals surface area (Å²) in [5.74, 6) is 0. The molecule has 1 fully saturated rings. The molecule has 1 aliphatic heterocycles. The van der Waals surface area contributed by atoms with Crippen LogP contribution in [0.25, 0.3) is 6.08 Å². The molecule has 0 amide bonds. The largest absolute Gasteiger partial charge is 0.416 e. The summed E-state index contributed by atoms with van der Waals surface area (Å²) in [7, 11) is -0.619. The van der Waals surface area contributed by atoms with Crippen LogP contribution in [-0.2, 0) is 10.5 Å². The number of aryl methyl sites for hydroxylation is 1. The second-order valence-corrected chi connectivity index (χ2v) is 7.02. The molecule has 1 heterocycles. The van der Waals surface area contributed by atoms with E-state index in [1.807, 2.05) is 6.08 Å². The first-order valence-corrected chi connectivity index (χ1v) is 8.23. The molecule has 17 heavy (non-hydrogen) atoms. The van der Waals surface area contributed by atoms with Gasteiger partial charge in [0.25, 0.3) is 0 Å². The molecule has 0 saturated carbocycles. The Morgan fingerprint density at radius 3 is 2.82 bits per heavy atom. The van der Waals surface area contributed by atoms with Gasteiger partial charge in [0.05, 0.1) is 0 Å². The lowest BCUT2D eigenvalue weighted by Gasteiger charge is -2.22. The maximum atomic E-state index is 5.94. The van der Waals surface area contributed by atoms with Crippen LogP contribution in [0.5, 0.6) is 0 Å². The average molecular weight is 245 g/mol. The van der Waals surface area contributed by atoms with Crippen molar-refractivity contribution in [1.29, 1.82) is 0 Å². The van der Waals surface area contributed by atoms with Gasteiger partial charge in [0, 0.05) is 6.61 Å². The Bertz CT molecular complexity index is 406. The van der Waals surface area contributed by atoms with Gasteiger partial charge in [-0.25, -0.2) is 0 Å². The number of benzene rings is 1. The van der Waals surface area contributed by atoms with E-state index in [0.717, 1.165) is 12.7 Å². The minimum atomic E-state index is -0.619. The summed E-state index contributed by atoms with van der Waals surface area (Å²) in [6, 6.07) is 6.82. The van der Waals surface area contributed by atoms with Gasteiger partial charge < -0.3 is 4.43 Å². The molecule has 0 aliphatic carbocycles. The number of hydrogen-bond acceptors (Lipinski definition) is 1. The second kappa shape index (κ2) is 5.65. The summed E-state index contributed by atoms with van der Waals surface area (Å²) < 4.78 is 5.94. The lowest BCUT2D eigenvalue weighted by atomic mass is 9.99. The highest BCUT2D eigenvalue weighted by molar-refractivity contribution is 6.51. The van der Waals surface area contributed by atoms with E-state index in [-0.39, 0.29) is 0 Å². The van der Waals surface area contributed by atoms with E-state index in [9.17, 15) is 0 Å². The summed E-state index contributed by atoms with van der Waals surface area (Å²) >= 11 is 0. The Morgan fingerprint density at radius 1 is 1.35 bits per heavy atom. The van der Waals surface area contributed by atoms with E-state index >= 15 is 0 Å². The van der Waals surface area contributed by atoms with E-state index in [4.69, 9.17) is 4.43 Å². The molecule has 0 aromatic heterocycles. The monoisotopic (exact) mass is 245 g/mol. The van der Waals surface area contributed by atoms with Crippen LogP contribution in [0.3, 0.4) is 0 Å². The van der Waals surface area contributed by atoms with Crippen LogP contribution in [0.1, 0.15) is 35.1 Å². The molecule has 0 unspecified atom stereocenters. The molecule has 1 nitrogen and oxygen atoms in total. The van der Waals surface area contributed by atoms with Gasteiger partial charge >= 0.3 is 0 Å². The SMILES string of the molecule is C=Cc1ccc(C)c(C)c1C[Si]1CCCCO1. The van der Waals surface area contributed by atoms with Gasteiger partial charge in [0.15, 0.2) is 0 Å². The maximum absolute atomic E-state index is 5.94. The fourth-order valence-electron chi connectivity index (χ4n) is 2.37. The van der Waals surface area contributed by atoms with Crippen molar-refractivity contribution in [2.75, 3.05) is 6.61 Å². The van der Waals surface area contributed by atoms with Crippen molar-refractivity contribution >= 4 is 15.1 Å². The summed E-state index contributed by atoms with van der Waals surface area (Å²) in [6.07, 6.45) is 4.57. The molecule has 0 N–H and O–H groups in total. The zero-order valence-corrected chi connectivity index (χ0v) is 11.9. The van der Waals surface area contributed by atoms with E-state index in [2.05, 4.69) is 32.6 Å². The molecule has 2 rings (SSSR count). The quantitative estimate of drug-likeness (QED) is 0.735. The summed E-state index contributed by atoms with van der Waals surface area (Å²) in [5, 5.41) is 0. The third-order valence-corrected chi connectivity index (χ3v) is 5.93. The maximum Gasteiger partial charge on any atom is 0.215 e. The van der Waals surface area contributed by atoms with Crippen LogP contribution in [0.2, 0.25) is 6.04 Å². The van der Waals surface area contributed by atoms with Gasteiger partial charge in [0.2, 0.25) is 9.04 Å². The van der Waals surface area contributed by atoms with Crippen LogP contribution in [0.15, 0.2) is 18.7 Å². The van der Waals surface area contributed by atoms with Crippen LogP contribution >= 0.6 is 0 Å². The van der Waals surface area contributed by atoms with Gasteiger partial charge in [-0.3, -0.25) is 0 Å².